The van der Waals surface area contributed by atoms with Gasteiger partial charge in [0.1, 0.15) is 11.9 Å². The summed E-state index contributed by atoms with van der Waals surface area (Å²) in [6, 6.07) is 4.71. The van der Waals surface area contributed by atoms with Crippen LogP contribution >= 0.6 is 0 Å². The van der Waals surface area contributed by atoms with E-state index in [1.165, 1.54) is 6.07 Å². The van der Waals surface area contributed by atoms with Crippen molar-refractivity contribution in [2.45, 2.75) is 85.6 Å². The molecular formula is C26H42FN3O2. The number of amides is 2. The number of nitrogens with one attached hydrogen (secondary N) is 3. The molecule has 32 heavy (non-hydrogen) atoms. The molecule has 0 heterocycles. The molecule has 180 valence electrons. The highest BCUT2D eigenvalue weighted by Crippen LogP contribution is 2.20. The van der Waals surface area contributed by atoms with Crippen molar-refractivity contribution in [2.75, 3.05) is 13.1 Å². The Hall–Kier alpha value is -2.37. The summed E-state index contributed by atoms with van der Waals surface area (Å²) in [7, 11) is 0. The number of hydrogen-bond acceptors (Lipinski definition) is 3. The zero-order chi connectivity index (χ0) is 23.9. The van der Waals surface area contributed by atoms with Gasteiger partial charge in [-0.15, -0.1) is 0 Å². The minimum Gasteiger partial charge on any atom is -0.380 e. The summed E-state index contributed by atoms with van der Waals surface area (Å²) >= 11 is 0. The Labute approximate surface area is 193 Å². The predicted octanol–water partition coefficient (Wildman–Crippen LogP) is 4.65. The van der Waals surface area contributed by atoms with Gasteiger partial charge in [-0.05, 0) is 68.6 Å². The lowest BCUT2D eigenvalue weighted by atomic mass is 9.94. The van der Waals surface area contributed by atoms with E-state index in [2.05, 4.69) is 29.8 Å². The van der Waals surface area contributed by atoms with Gasteiger partial charge in [0.25, 0.3) is 0 Å². The lowest BCUT2D eigenvalue weighted by Gasteiger charge is -2.18. The van der Waals surface area contributed by atoms with Gasteiger partial charge in [0.05, 0.1) is 6.54 Å². The largest absolute Gasteiger partial charge is 0.380 e. The van der Waals surface area contributed by atoms with Crippen LogP contribution in [0.5, 0.6) is 0 Å². The lowest BCUT2D eigenvalue weighted by molar-refractivity contribution is -0.128. The molecule has 0 saturated carbocycles. The average Bonchev–Trinajstić information content (AvgIpc) is 2.79. The molecule has 0 aliphatic heterocycles. The van der Waals surface area contributed by atoms with Crippen molar-refractivity contribution in [3.63, 3.8) is 0 Å². The molecule has 1 unspecified atom stereocenters. The highest BCUT2D eigenvalue weighted by atomic mass is 19.1. The average molecular weight is 448 g/mol. The second-order valence-electron chi connectivity index (χ2n) is 8.37. The smallest absolute Gasteiger partial charge is 0.242 e. The number of carbonyl (C=O) groups is 2. The molecule has 0 fully saturated rings. The van der Waals surface area contributed by atoms with E-state index in [0.717, 1.165) is 48.9 Å². The number of hydrogen-bond donors (Lipinski definition) is 3. The van der Waals surface area contributed by atoms with E-state index in [1.807, 2.05) is 32.9 Å². The first-order valence-corrected chi connectivity index (χ1v) is 12.1. The third-order valence-corrected chi connectivity index (χ3v) is 5.99. The van der Waals surface area contributed by atoms with Crippen LogP contribution in [0, 0.1) is 11.7 Å². The topological polar surface area (TPSA) is 70.2 Å². The molecule has 0 aliphatic carbocycles. The molecule has 0 bridgehead atoms. The Balaban J connectivity index is 2.49. The van der Waals surface area contributed by atoms with E-state index in [-0.39, 0.29) is 24.2 Å². The number of benzene rings is 1. The Bertz CT molecular complexity index is 749. The zero-order valence-electron chi connectivity index (χ0n) is 20.5. The normalized spacial score (nSPS) is 13.4. The fraction of sp³-hybridized carbons (Fsp3) is 0.615. The first-order chi connectivity index (χ1) is 15.4. The predicted molar refractivity (Wildman–Crippen MR) is 130 cm³/mol. The van der Waals surface area contributed by atoms with Crippen molar-refractivity contribution in [3.05, 3.63) is 46.9 Å². The summed E-state index contributed by atoms with van der Waals surface area (Å²) in [5.41, 5.74) is 2.82. The van der Waals surface area contributed by atoms with Crippen molar-refractivity contribution in [3.8, 4) is 0 Å². The van der Waals surface area contributed by atoms with E-state index in [0.29, 0.717) is 25.3 Å². The summed E-state index contributed by atoms with van der Waals surface area (Å²) in [6.07, 6.45) is 7.53. The molecule has 1 aromatic rings. The third kappa shape index (κ3) is 9.84. The fourth-order valence-corrected chi connectivity index (χ4v) is 3.55. The summed E-state index contributed by atoms with van der Waals surface area (Å²) in [5.74, 6) is 0.0513. The van der Waals surface area contributed by atoms with Gasteiger partial charge in [-0.2, -0.15) is 0 Å². The van der Waals surface area contributed by atoms with Crippen LogP contribution in [0.4, 0.5) is 4.39 Å². The van der Waals surface area contributed by atoms with Crippen LogP contribution in [0.1, 0.15) is 77.8 Å². The molecule has 5 nitrogen and oxygen atoms in total. The summed E-state index contributed by atoms with van der Waals surface area (Å²) in [6.45, 7) is 10.8. The van der Waals surface area contributed by atoms with Crippen molar-refractivity contribution >= 4 is 11.8 Å². The fourth-order valence-electron chi connectivity index (χ4n) is 3.55. The van der Waals surface area contributed by atoms with Gasteiger partial charge in [-0.3, -0.25) is 9.59 Å². The van der Waals surface area contributed by atoms with Gasteiger partial charge in [0, 0.05) is 12.2 Å². The second kappa shape index (κ2) is 15.4. The molecule has 6 heteroatoms. The number of rotatable bonds is 15. The van der Waals surface area contributed by atoms with Crippen molar-refractivity contribution < 1.29 is 14.0 Å². The van der Waals surface area contributed by atoms with Crippen LogP contribution in [-0.2, 0) is 22.4 Å². The van der Waals surface area contributed by atoms with Gasteiger partial charge in [0.2, 0.25) is 11.8 Å². The van der Waals surface area contributed by atoms with E-state index in [1.54, 1.807) is 6.07 Å². The second-order valence-corrected chi connectivity index (χ2v) is 8.37. The SMILES string of the molecule is CC=C(CC)NCC(=O)NC(CC)C(=O)NCCCc1cccc(F)c1CC[C@H](C)CC. The Morgan fingerprint density at radius 2 is 1.84 bits per heavy atom. The molecule has 0 aliphatic rings. The zero-order valence-corrected chi connectivity index (χ0v) is 20.5. The molecular weight excluding hydrogens is 405 g/mol. The molecule has 0 radical (unpaired) electrons. The number of allylic oxidation sites excluding steroid dienone is 2. The first-order valence-electron chi connectivity index (χ1n) is 12.1. The molecule has 3 N–H and O–H groups in total. The Morgan fingerprint density at radius 3 is 2.47 bits per heavy atom. The minimum absolute atomic E-state index is 0.138. The van der Waals surface area contributed by atoms with Gasteiger partial charge in [-0.25, -0.2) is 4.39 Å². The van der Waals surface area contributed by atoms with Gasteiger partial charge in [-0.1, -0.05) is 52.3 Å². The molecule has 1 aromatic carbocycles. The number of carbonyl (C=O) groups excluding carboxylic acids is 2. The molecule has 0 aromatic heterocycles. The maximum atomic E-state index is 14.4. The van der Waals surface area contributed by atoms with Gasteiger partial charge >= 0.3 is 0 Å². The molecule has 2 atom stereocenters. The van der Waals surface area contributed by atoms with Crippen LogP contribution in [-0.4, -0.2) is 30.9 Å². The lowest BCUT2D eigenvalue weighted by Crippen LogP contribution is -2.48. The summed E-state index contributed by atoms with van der Waals surface area (Å²) in [4.78, 5) is 24.6. The molecule has 2 amide bonds. The van der Waals surface area contributed by atoms with E-state index in [4.69, 9.17) is 0 Å². The maximum Gasteiger partial charge on any atom is 0.242 e. The van der Waals surface area contributed by atoms with E-state index < -0.39 is 6.04 Å². The van der Waals surface area contributed by atoms with Gasteiger partial charge in [0.15, 0.2) is 0 Å². The van der Waals surface area contributed by atoms with Crippen molar-refractivity contribution in [1.82, 2.24) is 16.0 Å². The molecule has 0 saturated heterocycles. The van der Waals surface area contributed by atoms with Crippen molar-refractivity contribution in [2.24, 2.45) is 5.92 Å². The minimum atomic E-state index is -0.555. The Kier molecular flexibility index (Phi) is 13.3. The number of aryl methyl sites for hydroxylation is 1. The van der Waals surface area contributed by atoms with Crippen molar-refractivity contribution in [1.29, 1.82) is 0 Å². The van der Waals surface area contributed by atoms with E-state index >= 15 is 0 Å². The summed E-state index contributed by atoms with van der Waals surface area (Å²) < 4.78 is 14.4. The monoisotopic (exact) mass is 447 g/mol. The van der Waals surface area contributed by atoms with E-state index in [9.17, 15) is 14.0 Å². The van der Waals surface area contributed by atoms with Crippen LogP contribution < -0.4 is 16.0 Å². The third-order valence-electron chi connectivity index (χ3n) is 5.99. The maximum absolute atomic E-state index is 14.4. The van der Waals surface area contributed by atoms with Crippen LogP contribution in [0.25, 0.3) is 0 Å². The van der Waals surface area contributed by atoms with Crippen LogP contribution in [0.2, 0.25) is 0 Å². The molecule has 0 spiro atoms. The number of halogens is 1. The van der Waals surface area contributed by atoms with Gasteiger partial charge < -0.3 is 16.0 Å². The highest BCUT2D eigenvalue weighted by molar-refractivity contribution is 5.88. The quantitative estimate of drug-likeness (QED) is 0.343. The molecule has 1 rings (SSSR count). The van der Waals surface area contributed by atoms with Crippen LogP contribution in [0.15, 0.2) is 30.0 Å². The van der Waals surface area contributed by atoms with Crippen LogP contribution in [0.3, 0.4) is 0 Å². The highest BCUT2D eigenvalue weighted by Gasteiger charge is 2.18. The first kappa shape index (κ1) is 27.7. The Morgan fingerprint density at radius 1 is 1.09 bits per heavy atom. The standard InChI is InChI=1S/C26H42FN3O2/c1-6-19(5)15-16-22-20(12-10-14-23(22)27)13-11-17-28-26(32)24(9-4)30-25(31)18-29-21(7-2)8-3/h7,10,12,14,19,24,29H,6,8-9,11,13,15-18H2,1-5H3,(H,28,32)(H,30,31)/t19-,24?/m1/s1. The summed E-state index contributed by atoms with van der Waals surface area (Å²) in [5, 5.41) is 8.77.